The van der Waals surface area contributed by atoms with E-state index in [1.54, 1.807) is 6.07 Å². The second-order valence-electron chi connectivity index (χ2n) is 6.15. The quantitative estimate of drug-likeness (QED) is 0.638. The van der Waals surface area contributed by atoms with Crippen LogP contribution < -0.4 is 10.2 Å². The highest BCUT2D eigenvalue weighted by molar-refractivity contribution is 6.30. The topological polar surface area (TPSA) is 75.5 Å². The number of halogens is 2. The van der Waals surface area contributed by atoms with E-state index in [1.807, 2.05) is 18.2 Å². The summed E-state index contributed by atoms with van der Waals surface area (Å²) in [5.41, 5.74) is 0.569. The molecule has 1 aliphatic heterocycles. The van der Waals surface area contributed by atoms with Crippen molar-refractivity contribution in [3.8, 4) is 0 Å². The third kappa shape index (κ3) is 4.11. The zero-order chi connectivity index (χ0) is 18.7. The SMILES string of the molecule is O=C(Nc1cc([N+](=O)[O-])ccc1F)C1CCN(c2cccc(Cl)c2)CC1. The van der Waals surface area contributed by atoms with Gasteiger partial charge in [0.2, 0.25) is 5.91 Å². The zero-order valence-electron chi connectivity index (χ0n) is 13.8. The smallest absolute Gasteiger partial charge is 0.271 e. The Bertz CT molecular complexity index is 838. The third-order valence-electron chi connectivity index (χ3n) is 4.46. The Labute approximate surface area is 154 Å². The number of anilines is 2. The fourth-order valence-corrected chi connectivity index (χ4v) is 3.21. The van der Waals surface area contributed by atoms with Gasteiger partial charge in [0, 0.05) is 41.9 Å². The summed E-state index contributed by atoms with van der Waals surface area (Å²) in [4.78, 5) is 24.7. The number of nitrogens with zero attached hydrogens (tertiary/aromatic N) is 2. The van der Waals surface area contributed by atoms with E-state index in [0.29, 0.717) is 31.0 Å². The Morgan fingerprint density at radius 2 is 1.96 bits per heavy atom. The van der Waals surface area contributed by atoms with E-state index in [-0.39, 0.29) is 23.2 Å². The maximum absolute atomic E-state index is 13.8. The molecule has 1 heterocycles. The van der Waals surface area contributed by atoms with E-state index in [9.17, 15) is 19.3 Å². The highest BCUT2D eigenvalue weighted by Gasteiger charge is 2.26. The third-order valence-corrected chi connectivity index (χ3v) is 4.69. The minimum Gasteiger partial charge on any atom is -0.371 e. The molecule has 0 bridgehead atoms. The number of benzene rings is 2. The van der Waals surface area contributed by atoms with Gasteiger partial charge in [-0.2, -0.15) is 0 Å². The van der Waals surface area contributed by atoms with Crippen molar-refractivity contribution in [3.63, 3.8) is 0 Å². The predicted molar refractivity (Wildman–Crippen MR) is 98.1 cm³/mol. The fraction of sp³-hybridized carbons (Fsp3) is 0.278. The van der Waals surface area contributed by atoms with Crippen LogP contribution in [0.15, 0.2) is 42.5 Å². The lowest BCUT2D eigenvalue weighted by atomic mass is 9.95. The van der Waals surface area contributed by atoms with Crippen LogP contribution in [0.25, 0.3) is 0 Å². The van der Waals surface area contributed by atoms with E-state index < -0.39 is 10.7 Å². The van der Waals surface area contributed by atoms with Crippen LogP contribution >= 0.6 is 11.6 Å². The van der Waals surface area contributed by atoms with Gasteiger partial charge in [-0.15, -0.1) is 0 Å². The molecule has 1 amide bonds. The van der Waals surface area contributed by atoms with E-state index >= 15 is 0 Å². The number of piperidine rings is 1. The maximum atomic E-state index is 13.8. The number of carbonyl (C=O) groups excluding carboxylic acids is 1. The lowest BCUT2D eigenvalue weighted by Crippen LogP contribution is -2.38. The van der Waals surface area contributed by atoms with Crippen molar-refractivity contribution in [1.29, 1.82) is 0 Å². The van der Waals surface area contributed by atoms with E-state index in [1.165, 1.54) is 0 Å². The summed E-state index contributed by atoms with van der Waals surface area (Å²) in [7, 11) is 0. The number of rotatable bonds is 4. The molecular formula is C18H17ClFN3O3. The number of non-ortho nitro benzene ring substituents is 1. The van der Waals surface area contributed by atoms with Gasteiger partial charge in [-0.1, -0.05) is 17.7 Å². The number of nitro benzene ring substituents is 1. The minimum atomic E-state index is -0.694. The molecule has 2 aromatic rings. The van der Waals surface area contributed by atoms with Crippen LogP contribution in [0.5, 0.6) is 0 Å². The van der Waals surface area contributed by atoms with Gasteiger partial charge in [0.1, 0.15) is 5.82 Å². The summed E-state index contributed by atoms with van der Waals surface area (Å²) in [6.45, 7) is 1.35. The van der Waals surface area contributed by atoms with Crippen molar-refractivity contribution in [2.75, 3.05) is 23.3 Å². The molecule has 1 saturated heterocycles. The lowest BCUT2D eigenvalue weighted by Gasteiger charge is -2.33. The Morgan fingerprint density at radius 1 is 1.23 bits per heavy atom. The Balaban J connectivity index is 1.62. The number of carbonyl (C=O) groups is 1. The summed E-state index contributed by atoms with van der Waals surface area (Å²) < 4.78 is 13.8. The molecular weight excluding hydrogens is 361 g/mol. The first kappa shape index (κ1) is 18.1. The van der Waals surface area contributed by atoms with Crippen LogP contribution in [0, 0.1) is 21.8 Å². The standard InChI is InChI=1S/C18H17ClFN3O3/c19-13-2-1-3-14(10-13)22-8-6-12(7-9-22)18(24)21-17-11-15(23(25)26)4-5-16(17)20/h1-5,10-12H,6-9H2,(H,21,24). The van der Waals surface area contributed by atoms with Crippen LogP contribution in [0.2, 0.25) is 5.02 Å². The first-order valence-electron chi connectivity index (χ1n) is 8.19. The summed E-state index contributed by atoms with van der Waals surface area (Å²) in [6, 6.07) is 10.6. The lowest BCUT2D eigenvalue weighted by molar-refractivity contribution is -0.384. The Kier molecular flexibility index (Phi) is 5.37. The van der Waals surface area contributed by atoms with Gasteiger partial charge in [0.25, 0.3) is 5.69 Å². The number of nitro groups is 1. The van der Waals surface area contributed by atoms with Crippen LogP contribution in [-0.4, -0.2) is 23.9 Å². The minimum absolute atomic E-state index is 0.165. The number of nitrogens with one attached hydrogen (secondary N) is 1. The van der Waals surface area contributed by atoms with Gasteiger partial charge in [-0.3, -0.25) is 14.9 Å². The summed E-state index contributed by atoms with van der Waals surface area (Å²) in [6.07, 6.45) is 1.21. The molecule has 8 heteroatoms. The molecule has 26 heavy (non-hydrogen) atoms. The normalized spacial score (nSPS) is 14.9. The molecule has 0 atom stereocenters. The van der Waals surface area contributed by atoms with Crippen LogP contribution in [-0.2, 0) is 4.79 Å². The molecule has 3 rings (SSSR count). The average Bonchev–Trinajstić information content (AvgIpc) is 2.63. The molecule has 1 N–H and O–H groups in total. The second-order valence-corrected chi connectivity index (χ2v) is 6.59. The van der Waals surface area contributed by atoms with Crippen molar-refractivity contribution < 1.29 is 14.1 Å². The van der Waals surface area contributed by atoms with Crippen molar-refractivity contribution in [2.24, 2.45) is 5.92 Å². The van der Waals surface area contributed by atoms with Crippen LogP contribution in [0.4, 0.5) is 21.5 Å². The van der Waals surface area contributed by atoms with Crippen molar-refractivity contribution >= 4 is 34.6 Å². The van der Waals surface area contributed by atoms with E-state index in [2.05, 4.69) is 10.2 Å². The van der Waals surface area contributed by atoms with Gasteiger partial charge < -0.3 is 10.2 Å². The van der Waals surface area contributed by atoms with Crippen LogP contribution in [0.3, 0.4) is 0 Å². The number of hydrogen-bond donors (Lipinski definition) is 1. The first-order valence-corrected chi connectivity index (χ1v) is 8.57. The molecule has 0 aliphatic carbocycles. The average molecular weight is 378 g/mol. The molecule has 1 aliphatic rings. The fourth-order valence-electron chi connectivity index (χ4n) is 3.03. The van der Waals surface area contributed by atoms with Crippen LogP contribution in [0.1, 0.15) is 12.8 Å². The molecule has 6 nitrogen and oxygen atoms in total. The molecule has 2 aromatic carbocycles. The number of hydrogen-bond acceptors (Lipinski definition) is 4. The number of amides is 1. The van der Waals surface area contributed by atoms with E-state index in [0.717, 1.165) is 23.9 Å². The molecule has 136 valence electrons. The van der Waals surface area contributed by atoms with Gasteiger partial charge in [0.15, 0.2) is 0 Å². The highest BCUT2D eigenvalue weighted by atomic mass is 35.5. The van der Waals surface area contributed by atoms with Gasteiger partial charge in [0.05, 0.1) is 10.6 Å². The van der Waals surface area contributed by atoms with Crippen molar-refractivity contribution in [2.45, 2.75) is 12.8 Å². The monoisotopic (exact) mass is 377 g/mol. The maximum Gasteiger partial charge on any atom is 0.271 e. The zero-order valence-corrected chi connectivity index (χ0v) is 14.6. The van der Waals surface area contributed by atoms with Gasteiger partial charge >= 0.3 is 0 Å². The molecule has 0 aromatic heterocycles. The van der Waals surface area contributed by atoms with Crippen molar-refractivity contribution in [1.82, 2.24) is 0 Å². The Hall–Kier alpha value is -2.67. The highest BCUT2D eigenvalue weighted by Crippen LogP contribution is 2.27. The molecule has 0 unspecified atom stereocenters. The summed E-state index contributed by atoms with van der Waals surface area (Å²) in [5, 5.41) is 13.9. The van der Waals surface area contributed by atoms with Crippen molar-refractivity contribution in [3.05, 3.63) is 63.4 Å². The first-order chi connectivity index (χ1) is 12.4. The predicted octanol–water partition coefficient (Wildman–Crippen LogP) is 4.24. The summed E-state index contributed by atoms with van der Waals surface area (Å²) in [5.74, 6) is -1.29. The molecule has 0 saturated carbocycles. The molecule has 1 fully saturated rings. The second kappa shape index (κ2) is 7.70. The van der Waals surface area contributed by atoms with Gasteiger partial charge in [-0.25, -0.2) is 4.39 Å². The molecule has 0 spiro atoms. The largest absolute Gasteiger partial charge is 0.371 e. The van der Waals surface area contributed by atoms with E-state index in [4.69, 9.17) is 11.6 Å². The molecule has 0 radical (unpaired) electrons. The Morgan fingerprint density at radius 3 is 2.62 bits per heavy atom. The summed E-state index contributed by atoms with van der Waals surface area (Å²) >= 11 is 6.01. The van der Waals surface area contributed by atoms with Gasteiger partial charge in [-0.05, 0) is 37.1 Å².